The van der Waals surface area contributed by atoms with Gasteiger partial charge in [-0.2, -0.15) is 0 Å². The molecule has 1 N–H and O–H groups in total. The molecule has 0 aliphatic carbocycles. The van der Waals surface area contributed by atoms with E-state index in [0.29, 0.717) is 16.5 Å². The molecule has 1 aliphatic heterocycles. The fraction of sp³-hybridized carbons (Fsp3) is 0.600. The number of aliphatic hydroxyl groups excluding tert-OH is 1. The van der Waals surface area contributed by atoms with E-state index in [4.69, 9.17) is 21.1 Å². The standard InChI is InChI=1S/C15H22ClNO3/c1-15(2,9-18)12-5-10(16)6-13(19-4)14(12)20-11-7-17(3)8-11/h5-6,11,18H,7-9H2,1-4H3. The quantitative estimate of drug-likeness (QED) is 0.906. The molecule has 0 unspecified atom stereocenters. The van der Waals surface area contributed by atoms with Crippen LogP contribution >= 0.6 is 11.6 Å². The Morgan fingerprint density at radius 2 is 2.05 bits per heavy atom. The van der Waals surface area contributed by atoms with Crippen LogP contribution in [0.3, 0.4) is 0 Å². The molecule has 0 spiro atoms. The molecule has 1 aromatic carbocycles. The van der Waals surface area contributed by atoms with Crippen LogP contribution in [0.15, 0.2) is 12.1 Å². The van der Waals surface area contributed by atoms with Crippen LogP contribution in [-0.2, 0) is 5.41 Å². The molecule has 2 rings (SSSR count). The largest absolute Gasteiger partial charge is 0.493 e. The second kappa shape index (κ2) is 5.80. The van der Waals surface area contributed by atoms with Crippen LogP contribution in [0.4, 0.5) is 0 Å². The fourth-order valence-electron chi connectivity index (χ4n) is 2.31. The third-order valence-electron chi connectivity index (χ3n) is 3.68. The van der Waals surface area contributed by atoms with E-state index < -0.39 is 5.41 Å². The van der Waals surface area contributed by atoms with Crippen molar-refractivity contribution in [2.24, 2.45) is 0 Å². The van der Waals surface area contributed by atoms with Gasteiger partial charge < -0.3 is 14.6 Å². The minimum Gasteiger partial charge on any atom is -0.493 e. The number of rotatable bonds is 5. The van der Waals surface area contributed by atoms with E-state index in [1.54, 1.807) is 13.2 Å². The van der Waals surface area contributed by atoms with E-state index in [1.807, 2.05) is 19.9 Å². The monoisotopic (exact) mass is 299 g/mol. The molecule has 0 bridgehead atoms. The number of nitrogens with zero attached hydrogens (tertiary/aromatic N) is 1. The lowest BCUT2D eigenvalue weighted by molar-refractivity contribution is 0.0350. The highest BCUT2D eigenvalue weighted by Gasteiger charge is 2.31. The predicted octanol–water partition coefficient (Wildman–Crippen LogP) is 2.31. The SMILES string of the molecule is COc1cc(Cl)cc(C(C)(C)CO)c1OC1CN(C)C1. The van der Waals surface area contributed by atoms with Gasteiger partial charge in [-0.1, -0.05) is 25.4 Å². The Balaban J connectivity index is 2.39. The zero-order valence-electron chi connectivity index (χ0n) is 12.4. The Kier molecular flexibility index (Phi) is 4.47. The first kappa shape index (κ1) is 15.4. The van der Waals surface area contributed by atoms with Gasteiger partial charge in [-0.25, -0.2) is 0 Å². The summed E-state index contributed by atoms with van der Waals surface area (Å²) >= 11 is 6.15. The van der Waals surface area contributed by atoms with Gasteiger partial charge in [-0.3, -0.25) is 4.90 Å². The molecule has 5 heteroatoms. The van der Waals surface area contributed by atoms with Gasteiger partial charge in [0.25, 0.3) is 0 Å². The van der Waals surface area contributed by atoms with Crippen LogP contribution in [-0.4, -0.2) is 50.0 Å². The summed E-state index contributed by atoms with van der Waals surface area (Å²) in [4.78, 5) is 2.18. The fourth-order valence-corrected chi connectivity index (χ4v) is 2.52. The second-order valence-corrected chi connectivity index (χ2v) is 6.42. The Morgan fingerprint density at radius 1 is 1.40 bits per heavy atom. The van der Waals surface area contributed by atoms with Gasteiger partial charge in [-0.05, 0) is 13.1 Å². The number of benzene rings is 1. The van der Waals surface area contributed by atoms with Crippen LogP contribution in [0.1, 0.15) is 19.4 Å². The predicted molar refractivity (Wildman–Crippen MR) is 80.0 cm³/mol. The third-order valence-corrected chi connectivity index (χ3v) is 3.90. The molecule has 1 saturated heterocycles. The van der Waals surface area contributed by atoms with Crippen molar-refractivity contribution in [1.82, 2.24) is 4.90 Å². The van der Waals surface area contributed by atoms with Crippen molar-refractivity contribution < 1.29 is 14.6 Å². The molecule has 1 heterocycles. The van der Waals surface area contributed by atoms with Gasteiger partial charge >= 0.3 is 0 Å². The van der Waals surface area contributed by atoms with Crippen molar-refractivity contribution >= 4 is 11.6 Å². The van der Waals surface area contributed by atoms with Crippen molar-refractivity contribution in [2.75, 3.05) is 33.9 Å². The summed E-state index contributed by atoms with van der Waals surface area (Å²) in [6, 6.07) is 3.59. The molecule has 112 valence electrons. The van der Waals surface area contributed by atoms with Gasteiger partial charge in [0.15, 0.2) is 11.5 Å². The summed E-state index contributed by atoms with van der Waals surface area (Å²) in [7, 11) is 3.65. The van der Waals surface area contributed by atoms with Crippen molar-refractivity contribution in [3.8, 4) is 11.5 Å². The summed E-state index contributed by atoms with van der Waals surface area (Å²) in [5.74, 6) is 1.30. The molecule has 4 nitrogen and oxygen atoms in total. The number of methoxy groups -OCH3 is 1. The van der Waals surface area contributed by atoms with E-state index in [0.717, 1.165) is 18.7 Å². The molecule has 1 fully saturated rings. The minimum absolute atomic E-state index is 0.0113. The lowest BCUT2D eigenvalue weighted by atomic mass is 9.84. The zero-order chi connectivity index (χ0) is 14.9. The molecule has 1 aromatic rings. The van der Waals surface area contributed by atoms with E-state index >= 15 is 0 Å². The molecule has 20 heavy (non-hydrogen) atoms. The Bertz CT molecular complexity index is 484. The van der Waals surface area contributed by atoms with Crippen molar-refractivity contribution in [1.29, 1.82) is 0 Å². The molecular formula is C15H22ClNO3. The summed E-state index contributed by atoms with van der Waals surface area (Å²) in [5.41, 5.74) is 0.433. The van der Waals surface area contributed by atoms with E-state index in [1.165, 1.54) is 0 Å². The number of hydrogen-bond donors (Lipinski definition) is 1. The number of likely N-dealkylation sites (N-methyl/N-ethyl adjacent to an activating group) is 1. The Labute approximate surface area is 125 Å². The summed E-state index contributed by atoms with van der Waals surface area (Å²) in [6.07, 6.45) is 0.156. The van der Waals surface area contributed by atoms with Gasteiger partial charge in [-0.15, -0.1) is 0 Å². The first-order valence-electron chi connectivity index (χ1n) is 6.71. The summed E-state index contributed by atoms with van der Waals surface area (Å²) in [5, 5.41) is 10.2. The first-order chi connectivity index (χ1) is 9.37. The lowest BCUT2D eigenvalue weighted by Gasteiger charge is -2.38. The molecule has 0 atom stereocenters. The second-order valence-electron chi connectivity index (χ2n) is 5.99. The average molecular weight is 300 g/mol. The van der Waals surface area contributed by atoms with Crippen molar-refractivity contribution in [3.63, 3.8) is 0 Å². The molecule has 1 aliphatic rings. The number of halogens is 1. The topological polar surface area (TPSA) is 41.9 Å². The van der Waals surface area contributed by atoms with Crippen LogP contribution in [0.2, 0.25) is 5.02 Å². The maximum absolute atomic E-state index is 9.63. The van der Waals surface area contributed by atoms with Crippen LogP contribution < -0.4 is 9.47 Å². The first-order valence-corrected chi connectivity index (χ1v) is 7.09. The highest BCUT2D eigenvalue weighted by Crippen LogP contribution is 2.42. The highest BCUT2D eigenvalue weighted by atomic mass is 35.5. The maximum atomic E-state index is 9.63. The normalized spacial score (nSPS) is 16.9. The molecule has 0 radical (unpaired) electrons. The summed E-state index contributed by atoms with van der Waals surface area (Å²) < 4.78 is 11.5. The molecule has 0 aromatic heterocycles. The number of likely N-dealkylation sites (tertiary alicyclic amines) is 1. The van der Waals surface area contributed by atoms with Gasteiger partial charge in [0.2, 0.25) is 0 Å². The molecule has 0 saturated carbocycles. The highest BCUT2D eigenvalue weighted by molar-refractivity contribution is 6.30. The average Bonchev–Trinajstić information content (AvgIpc) is 2.37. The number of aliphatic hydroxyl groups is 1. The van der Waals surface area contributed by atoms with Crippen LogP contribution in [0.5, 0.6) is 11.5 Å². The van der Waals surface area contributed by atoms with Crippen molar-refractivity contribution in [2.45, 2.75) is 25.4 Å². The van der Waals surface area contributed by atoms with E-state index in [2.05, 4.69) is 11.9 Å². The Morgan fingerprint density at radius 3 is 2.55 bits per heavy atom. The number of hydrogen-bond acceptors (Lipinski definition) is 4. The van der Waals surface area contributed by atoms with Crippen LogP contribution in [0, 0.1) is 0 Å². The zero-order valence-corrected chi connectivity index (χ0v) is 13.2. The number of ether oxygens (including phenoxy) is 2. The third kappa shape index (κ3) is 3.03. The van der Waals surface area contributed by atoms with E-state index in [9.17, 15) is 5.11 Å². The van der Waals surface area contributed by atoms with E-state index in [-0.39, 0.29) is 12.7 Å². The van der Waals surface area contributed by atoms with Gasteiger partial charge in [0.05, 0.1) is 13.7 Å². The lowest BCUT2D eigenvalue weighted by Crippen LogP contribution is -2.51. The summed E-state index contributed by atoms with van der Waals surface area (Å²) in [6.45, 7) is 5.71. The van der Waals surface area contributed by atoms with Gasteiger partial charge in [0, 0.05) is 35.2 Å². The van der Waals surface area contributed by atoms with Gasteiger partial charge in [0.1, 0.15) is 6.10 Å². The Hall–Kier alpha value is -0.970. The van der Waals surface area contributed by atoms with Crippen molar-refractivity contribution in [3.05, 3.63) is 22.7 Å². The maximum Gasteiger partial charge on any atom is 0.165 e. The molecular weight excluding hydrogens is 278 g/mol. The minimum atomic E-state index is -0.441. The molecule has 0 amide bonds. The van der Waals surface area contributed by atoms with Crippen LogP contribution in [0.25, 0.3) is 0 Å². The smallest absolute Gasteiger partial charge is 0.165 e.